The highest BCUT2D eigenvalue weighted by Crippen LogP contribution is 2.36. The fourth-order valence-corrected chi connectivity index (χ4v) is 9.49. The average Bonchev–Trinajstić information content (AvgIpc) is 4.08. The lowest BCUT2D eigenvalue weighted by molar-refractivity contribution is 0.220. The fraction of sp³-hybridized carbons (Fsp3) is 0.385. The molecule has 0 atom stereocenters. The van der Waals surface area contributed by atoms with Crippen LogP contribution in [0.1, 0.15) is 73.6 Å². The third-order valence-electron chi connectivity index (χ3n) is 10.9. The lowest BCUT2D eigenvalue weighted by atomic mass is 10.1. The van der Waals surface area contributed by atoms with E-state index in [-0.39, 0.29) is 23.1 Å². The molecule has 352 valence electrons. The summed E-state index contributed by atoms with van der Waals surface area (Å²) in [4.78, 5) is 2.31. The van der Waals surface area contributed by atoms with Crippen LogP contribution in [0.3, 0.4) is 0 Å². The minimum atomic E-state index is -2.18. The standard InChI is InChI=1S/C52H62F2N2O7PS2/c1-58-49-23-17-39(35-45(49)53)13-5-3-7-27-60-47-21-19-41(33-43(47)51-15-9-31-65-51)37-55-25-11-29-62-64(57)63-30-12-26-56-38-42-20-22-48(44(34-42)52-16-10-32-66-52)61-28-8-4-6-14-40-18-24-50(59-2)46(54)36-40/h9-10,15-24,31-36,55-56H,3-8,11-14,25-30,37-38H2,1-2H3/q+1. The number of ether oxygens (including phenoxy) is 4. The minimum absolute atomic E-state index is 0.271. The summed E-state index contributed by atoms with van der Waals surface area (Å²) in [5.41, 5.74) is 6.40. The summed E-state index contributed by atoms with van der Waals surface area (Å²) in [6.07, 6.45) is 8.75. The van der Waals surface area contributed by atoms with Crippen LogP contribution in [0.25, 0.3) is 20.9 Å². The first-order chi connectivity index (χ1) is 32.4. The first-order valence-electron chi connectivity index (χ1n) is 22.8. The van der Waals surface area contributed by atoms with Gasteiger partial charge in [0.05, 0.1) is 27.4 Å². The summed E-state index contributed by atoms with van der Waals surface area (Å²) >= 11 is 3.37. The molecule has 0 aliphatic heterocycles. The van der Waals surface area contributed by atoms with Crippen molar-refractivity contribution in [2.24, 2.45) is 0 Å². The third kappa shape index (κ3) is 16.9. The molecule has 0 fully saturated rings. The topological polar surface area (TPSA) is 96.5 Å². The number of hydrogen-bond donors (Lipinski definition) is 2. The predicted octanol–water partition coefficient (Wildman–Crippen LogP) is 13.4. The maximum atomic E-state index is 14.0. The summed E-state index contributed by atoms with van der Waals surface area (Å²) in [6.45, 7) is 4.69. The first-order valence-corrected chi connectivity index (χ1v) is 25.6. The highest BCUT2D eigenvalue weighted by Gasteiger charge is 2.19. The Hall–Kier alpha value is -4.72. The van der Waals surface area contributed by atoms with Crippen LogP contribution in [0, 0.1) is 11.6 Å². The Morgan fingerprint density at radius 3 is 1.35 bits per heavy atom. The molecular formula is C52H62F2N2O7PS2+. The maximum absolute atomic E-state index is 14.0. The summed E-state index contributed by atoms with van der Waals surface area (Å²) in [7, 11) is 0.768. The zero-order valence-electron chi connectivity index (χ0n) is 38.0. The molecule has 0 saturated heterocycles. The van der Waals surface area contributed by atoms with Crippen LogP contribution in [0.2, 0.25) is 0 Å². The Kier molecular flexibility index (Phi) is 21.9. The van der Waals surface area contributed by atoms with Crippen molar-refractivity contribution in [2.75, 3.05) is 53.7 Å². The van der Waals surface area contributed by atoms with E-state index >= 15 is 0 Å². The molecule has 2 N–H and O–H groups in total. The van der Waals surface area contributed by atoms with Gasteiger partial charge in [0.2, 0.25) is 0 Å². The second-order valence-corrected chi connectivity index (χ2v) is 18.7. The van der Waals surface area contributed by atoms with Gasteiger partial charge in [-0.1, -0.05) is 36.4 Å². The van der Waals surface area contributed by atoms with E-state index in [1.165, 1.54) is 14.2 Å². The van der Waals surface area contributed by atoms with Gasteiger partial charge in [-0.05, 0) is 171 Å². The van der Waals surface area contributed by atoms with E-state index < -0.39 is 8.25 Å². The first kappa shape index (κ1) is 50.7. The largest absolute Gasteiger partial charge is 0.697 e. The van der Waals surface area contributed by atoms with Crippen LogP contribution in [-0.2, 0) is 39.5 Å². The Morgan fingerprint density at radius 2 is 0.939 bits per heavy atom. The lowest BCUT2D eigenvalue weighted by Gasteiger charge is -2.13. The molecule has 0 amide bonds. The van der Waals surface area contributed by atoms with Gasteiger partial charge in [-0.15, -0.1) is 31.7 Å². The molecule has 0 spiro atoms. The number of rotatable bonds is 32. The average molecular weight is 960 g/mol. The Bertz CT molecular complexity index is 2190. The SMILES string of the molecule is COc1ccc(CCCCCOc2ccc(CNCCCO[P+](=O)OCCCNCc3ccc(OCCCCCc4ccc(OC)c(F)c4)c(-c4cccs4)c3)cc2-c2cccs2)cc1F. The maximum Gasteiger partial charge on any atom is 0.697 e. The summed E-state index contributed by atoms with van der Waals surface area (Å²) in [6, 6.07) is 31.2. The molecular weight excluding hydrogens is 898 g/mol. The van der Waals surface area contributed by atoms with Crippen LogP contribution in [0.4, 0.5) is 8.78 Å². The van der Waals surface area contributed by atoms with Gasteiger partial charge >= 0.3 is 8.25 Å². The molecule has 14 heteroatoms. The molecule has 0 bridgehead atoms. The molecule has 0 radical (unpaired) electrons. The minimum Gasteiger partial charge on any atom is -0.494 e. The summed E-state index contributed by atoms with van der Waals surface area (Å²) < 4.78 is 73.8. The van der Waals surface area contributed by atoms with Crippen LogP contribution in [0.15, 0.2) is 108 Å². The van der Waals surface area contributed by atoms with Gasteiger partial charge in [-0.2, -0.15) is 0 Å². The van der Waals surface area contributed by atoms with E-state index in [4.69, 9.17) is 28.0 Å². The summed E-state index contributed by atoms with van der Waals surface area (Å²) in [5, 5.41) is 11.1. The van der Waals surface area contributed by atoms with Gasteiger partial charge in [0.25, 0.3) is 0 Å². The van der Waals surface area contributed by atoms with Crippen LogP contribution < -0.4 is 29.6 Å². The van der Waals surface area contributed by atoms with E-state index in [2.05, 4.69) is 57.8 Å². The smallest absolute Gasteiger partial charge is 0.494 e. The van der Waals surface area contributed by atoms with Gasteiger partial charge < -0.3 is 29.6 Å². The third-order valence-corrected chi connectivity index (χ3v) is 13.5. The van der Waals surface area contributed by atoms with E-state index in [1.54, 1.807) is 46.9 Å². The van der Waals surface area contributed by atoms with Gasteiger partial charge in [0.15, 0.2) is 23.1 Å². The van der Waals surface area contributed by atoms with E-state index in [0.29, 0.717) is 65.4 Å². The Labute approximate surface area is 397 Å². The molecule has 66 heavy (non-hydrogen) atoms. The van der Waals surface area contributed by atoms with Gasteiger partial charge in [0, 0.05) is 38.5 Å². The molecule has 0 aliphatic carbocycles. The molecule has 4 aromatic carbocycles. The Morgan fingerprint density at radius 1 is 0.500 bits per heavy atom. The van der Waals surface area contributed by atoms with Crippen molar-refractivity contribution in [3.05, 3.63) is 142 Å². The lowest BCUT2D eigenvalue weighted by Crippen LogP contribution is -2.16. The molecule has 0 aliphatic rings. The van der Waals surface area contributed by atoms with Crippen LogP contribution in [-0.4, -0.2) is 53.7 Å². The number of methoxy groups -OCH3 is 2. The van der Waals surface area contributed by atoms with Crippen molar-refractivity contribution in [2.45, 2.75) is 77.3 Å². The van der Waals surface area contributed by atoms with Crippen LogP contribution in [0.5, 0.6) is 23.0 Å². The van der Waals surface area contributed by atoms with Crippen LogP contribution >= 0.6 is 30.9 Å². The van der Waals surface area contributed by atoms with E-state index in [9.17, 15) is 13.3 Å². The molecule has 6 rings (SSSR count). The molecule has 0 unspecified atom stereocenters. The molecule has 2 aromatic heterocycles. The zero-order chi connectivity index (χ0) is 46.2. The molecule has 9 nitrogen and oxygen atoms in total. The number of thiophene rings is 2. The number of aryl methyl sites for hydroxylation is 2. The normalized spacial score (nSPS) is 11.2. The number of halogens is 2. The second-order valence-electron chi connectivity index (χ2n) is 15.8. The van der Waals surface area contributed by atoms with E-state index in [0.717, 1.165) is 106 Å². The number of nitrogens with one attached hydrogen (secondary N) is 2. The molecule has 6 aromatic rings. The van der Waals surface area contributed by atoms with Crippen molar-refractivity contribution in [3.8, 4) is 43.9 Å². The number of benzene rings is 4. The predicted molar refractivity (Wildman–Crippen MR) is 264 cm³/mol. The van der Waals surface area contributed by atoms with Gasteiger partial charge in [0.1, 0.15) is 24.7 Å². The van der Waals surface area contributed by atoms with Crippen molar-refractivity contribution >= 4 is 30.9 Å². The van der Waals surface area contributed by atoms with Crippen molar-refractivity contribution in [1.82, 2.24) is 10.6 Å². The molecule has 0 saturated carbocycles. The second kappa shape index (κ2) is 28.5. The summed E-state index contributed by atoms with van der Waals surface area (Å²) in [5.74, 6) is 1.64. The van der Waals surface area contributed by atoms with Crippen molar-refractivity contribution in [3.63, 3.8) is 0 Å². The zero-order valence-corrected chi connectivity index (χ0v) is 40.5. The quantitative estimate of drug-likeness (QED) is 0.0316. The molecule has 2 heterocycles. The van der Waals surface area contributed by atoms with Gasteiger partial charge in [-0.3, -0.25) is 0 Å². The Balaban J connectivity index is 0.806. The van der Waals surface area contributed by atoms with Crippen molar-refractivity contribution in [1.29, 1.82) is 0 Å². The highest BCUT2D eigenvalue weighted by atomic mass is 32.1. The number of hydrogen-bond acceptors (Lipinski definition) is 11. The highest BCUT2D eigenvalue weighted by molar-refractivity contribution is 7.33. The number of unbranched alkanes of at least 4 members (excludes halogenated alkanes) is 4. The fourth-order valence-electron chi connectivity index (χ4n) is 7.36. The van der Waals surface area contributed by atoms with E-state index in [1.807, 2.05) is 36.4 Å². The van der Waals surface area contributed by atoms with Gasteiger partial charge in [-0.25, -0.2) is 8.78 Å². The monoisotopic (exact) mass is 959 g/mol. The van der Waals surface area contributed by atoms with Crippen molar-refractivity contribution < 1.29 is 41.3 Å².